The molecular formula is C17H22N6O. The van der Waals surface area contributed by atoms with E-state index in [2.05, 4.69) is 45.4 Å². The maximum Gasteiger partial charge on any atom is 0.317 e. The Kier molecular flexibility index (Phi) is 3.72. The molecule has 4 rings (SSSR count). The van der Waals surface area contributed by atoms with Crippen molar-refractivity contribution < 1.29 is 4.79 Å². The van der Waals surface area contributed by atoms with E-state index in [0.717, 1.165) is 31.7 Å². The predicted molar refractivity (Wildman–Crippen MR) is 89.9 cm³/mol. The summed E-state index contributed by atoms with van der Waals surface area (Å²) in [5.41, 5.74) is 3.52. The van der Waals surface area contributed by atoms with Crippen molar-refractivity contribution in [1.29, 1.82) is 0 Å². The van der Waals surface area contributed by atoms with Crippen LogP contribution < -0.4 is 5.32 Å². The van der Waals surface area contributed by atoms with Gasteiger partial charge in [0.05, 0.1) is 17.8 Å². The van der Waals surface area contributed by atoms with Crippen molar-refractivity contribution in [2.75, 3.05) is 20.1 Å². The fourth-order valence-electron chi connectivity index (χ4n) is 3.83. The highest BCUT2D eigenvalue weighted by molar-refractivity contribution is 5.77. The van der Waals surface area contributed by atoms with Gasteiger partial charge >= 0.3 is 6.03 Å². The number of rotatable bonds is 3. The summed E-state index contributed by atoms with van der Waals surface area (Å²) in [4.78, 5) is 20.1. The van der Waals surface area contributed by atoms with Crippen molar-refractivity contribution in [3.63, 3.8) is 0 Å². The number of aryl methyl sites for hydroxylation is 1. The third kappa shape index (κ3) is 2.65. The number of fused-ring (bicyclic) bond motifs is 1. The highest BCUT2D eigenvalue weighted by Gasteiger charge is 2.40. The van der Waals surface area contributed by atoms with Crippen LogP contribution in [0, 0.1) is 6.92 Å². The summed E-state index contributed by atoms with van der Waals surface area (Å²) in [7, 11) is 1.89. The van der Waals surface area contributed by atoms with Crippen molar-refractivity contribution in [1.82, 2.24) is 29.9 Å². The van der Waals surface area contributed by atoms with Crippen LogP contribution in [0.3, 0.4) is 0 Å². The SMILES string of the molecule is Cc1cc(CN2CC[C@H]3[C@@H](C2)NC(=O)N3C)ccc1-n1cncn1. The molecule has 2 aromatic rings. The number of carbonyl (C=O) groups is 1. The topological polar surface area (TPSA) is 66.3 Å². The van der Waals surface area contributed by atoms with E-state index in [1.807, 2.05) is 11.9 Å². The average molecular weight is 326 g/mol. The molecule has 1 aromatic heterocycles. The van der Waals surface area contributed by atoms with Crippen molar-refractivity contribution in [3.05, 3.63) is 42.0 Å². The van der Waals surface area contributed by atoms with Crippen molar-refractivity contribution in [2.45, 2.75) is 32.0 Å². The maximum absolute atomic E-state index is 11.8. The van der Waals surface area contributed by atoms with Gasteiger partial charge < -0.3 is 10.2 Å². The second kappa shape index (κ2) is 5.90. The molecule has 126 valence electrons. The lowest BCUT2D eigenvalue weighted by Gasteiger charge is -2.35. The van der Waals surface area contributed by atoms with E-state index in [1.165, 1.54) is 11.1 Å². The summed E-state index contributed by atoms with van der Waals surface area (Å²) < 4.78 is 1.79. The minimum atomic E-state index is 0.0554. The number of benzene rings is 1. The second-order valence-electron chi connectivity index (χ2n) is 6.72. The fraction of sp³-hybridized carbons (Fsp3) is 0.471. The quantitative estimate of drug-likeness (QED) is 0.920. The molecule has 2 aliphatic heterocycles. The van der Waals surface area contributed by atoms with Gasteiger partial charge in [-0.1, -0.05) is 12.1 Å². The standard InChI is InChI=1S/C17H22N6O/c1-12-7-13(3-4-15(12)23-11-18-10-19-23)8-22-6-5-16-14(9-22)20-17(24)21(16)2/h3-4,7,10-11,14,16H,5-6,8-9H2,1-2H3,(H,20,24)/t14-,16+/m1/s1. The molecule has 0 saturated carbocycles. The molecule has 1 N–H and O–H groups in total. The van der Waals surface area contributed by atoms with Crippen LogP contribution in [0.2, 0.25) is 0 Å². The van der Waals surface area contributed by atoms with Crippen molar-refractivity contribution >= 4 is 6.03 Å². The van der Waals surface area contributed by atoms with E-state index in [9.17, 15) is 4.79 Å². The lowest BCUT2D eigenvalue weighted by Crippen LogP contribution is -2.50. The summed E-state index contributed by atoms with van der Waals surface area (Å²) in [6, 6.07) is 7.09. The van der Waals surface area contributed by atoms with Gasteiger partial charge in [-0.2, -0.15) is 5.10 Å². The summed E-state index contributed by atoms with van der Waals surface area (Å²) >= 11 is 0. The summed E-state index contributed by atoms with van der Waals surface area (Å²) in [6.07, 6.45) is 4.28. The van der Waals surface area contributed by atoms with E-state index in [-0.39, 0.29) is 12.1 Å². The first-order chi connectivity index (χ1) is 11.6. The molecular weight excluding hydrogens is 304 g/mol. The van der Waals surface area contributed by atoms with E-state index in [1.54, 1.807) is 17.3 Å². The lowest BCUT2D eigenvalue weighted by molar-refractivity contribution is 0.147. The average Bonchev–Trinajstić information content (AvgIpc) is 3.17. The number of hydrogen-bond donors (Lipinski definition) is 1. The van der Waals surface area contributed by atoms with Gasteiger partial charge in [0.2, 0.25) is 0 Å². The van der Waals surface area contributed by atoms with Crippen LogP contribution >= 0.6 is 0 Å². The molecule has 0 unspecified atom stereocenters. The highest BCUT2D eigenvalue weighted by atomic mass is 16.2. The Labute approximate surface area is 141 Å². The molecule has 3 heterocycles. The Morgan fingerprint density at radius 3 is 3.00 bits per heavy atom. The minimum Gasteiger partial charge on any atom is -0.332 e. The number of urea groups is 1. The van der Waals surface area contributed by atoms with Gasteiger partial charge in [0.25, 0.3) is 0 Å². The van der Waals surface area contributed by atoms with Crippen LogP contribution in [0.15, 0.2) is 30.9 Å². The van der Waals surface area contributed by atoms with Crippen LogP contribution in [0.25, 0.3) is 5.69 Å². The van der Waals surface area contributed by atoms with Crippen LogP contribution in [0.4, 0.5) is 4.79 Å². The molecule has 2 saturated heterocycles. The van der Waals surface area contributed by atoms with E-state index >= 15 is 0 Å². The van der Waals surface area contributed by atoms with Gasteiger partial charge in [-0.3, -0.25) is 4.90 Å². The van der Waals surface area contributed by atoms with E-state index in [0.29, 0.717) is 6.04 Å². The first-order valence-corrected chi connectivity index (χ1v) is 8.32. The number of likely N-dealkylation sites (tertiary alicyclic amines) is 1. The molecule has 2 fully saturated rings. The number of hydrogen-bond acceptors (Lipinski definition) is 4. The third-order valence-electron chi connectivity index (χ3n) is 5.12. The Hall–Kier alpha value is -2.41. The molecule has 0 radical (unpaired) electrons. The van der Waals surface area contributed by atoms with Gasteiger partial charge in [0.1, 0.15) is 12.7 Å². The maximum atomic E-state index is 11.8. The zero-order chi connectivity index (χ0) is 16.7. The van der Waals surface area contributed by atoms with Crippen LogP contribution in [-0.4, -0.2) is 62.8 Å². The number of nitrogens with zero attached hydrogens (tertiary/aromatic N) is 5. The first kappa shape index (κ1) is 15.1. The van der Waals surface area contributed by atoms with Gasteiger partial charge in [-0.05, 0) is 30.5 Å². The molecule has 0 bridgehead atoms. The smallest absolute Gasteiger partial charge is 0.317 e. The van der Waals surface area contributed by atoms with Crippen LogP contribution in [0.5, 0.6) is 0 Å². The molecule has 0 spiro atoms. The number of nitrogens with one attached hydrogen (secondary N) is 1. The number of likely N-dealkylation sites (N-methyl/N-ethyl adjacent to an activating group) is 1. The zero-order valence-electron chi connectivity index (χ0n) is 14.0. The Bertz CT molecular complexity index is 744. The van der Waals surface area contributed by atoms with Gasteiger partial charge in [-0.25, -0.2) is 14.5 Å². The molecule has 0 aliphatic carbocycles. The first-order valence-electron chi connectivity index (χ1n) is 8.32. The summed E-state index contributed by atoms with van der Waals surface area (Å²) in [6.45, 7) is 4.93. The van der Waals surface area contributed by atoms with E-state index < -0.39 is 0 Å². The van der Waals surface area contributed by atoms with E-state index in [4.69, 9.17) is 0 Å². The summed E-state index contributed by atoms with van der Waals surface area (Å²) in [5, 5.41) is 7.28. The largest absolute Gasteiger partial charge is 0.332 e. The monoisotopic (exact) mass is 326 g/mol. The van der Waals surface area contributed by atoms with Gasteiger partial charge in [0, 0.05) is 26.7 Å². The number of aromatic nitrogens is 3. The number of carbonyl (C=O) groups excluding carboxylic acids is 1. The molecule has 2 amide bonds. The third-order valence-corrected chi connectivity index (χ3v) is 5.12. The molecule has 1 aromatic carbocycles. The molecule has 2 aliphatic rings. The fourth-order valence-corrected chi connectivity index (χ4v) is 3.83. The van der Waals surface area contributed by atoms with Crippen molar-refractivity contribution in [2.24, 2.45) is 0 Å². The van der Waals surface area contributed by atoms with Crippen molar-refractivity contribution in [3.8, 4) is 5.69 Å². The lowest BCUT2D eigenvalue weighted by atomic mass is 9.99. The molecule has 7 heteroatoms. The highest BCUT2D eigenvalue weighted by Crippen LogP contribution is 2.23. The number of amides is 2. The van der Waals surface area contributed by atoms with Crippen LogP contribution in [0.1, 0.15) is 17.5 Å². The molecule has 7 nitrogen and oxygen atoms in total. The zero-order valence-corrected chi connectivity index (χ0v) is 14.0. The molecule has 2 atom stereocenters. The Morgan fingerprint density at radius 2 is 2.25 bits per heavy atom. The summed E-state index contributed by atoms with van der Waals surface area (Å²) in [5.74, 6) is 0. The van der Waals surface area contributed by atoms with Gasteiger partial charge in [0.15, 0.2) is 0 Å². The molecule has 24 heavy (non-hydrogen) atoms. The normalized spacial score (nSPS) is 24.1. The minimum absolute atomic E-state index is 0.0554. The van der Waals surface area contributed by atoms with Crippen LogP contribution in [-0.2, 0) is 6.54 Å². The number of piperidine rings is 1. The predicted octanol–water partition coefficient (Wildman–Crippen LogP) is 1.17. The Balaban J connectivity index is 1.45. The van der Waals surface area contributed by atoms with Gasteiger partial charge in [-0.15, -0.1) is 0 Å². The second-order valence-corrected chi connectivity index (χ2v) is 6.72. The Morgan fingerprint density at radius 1 is 1.38 bits per heavy atom.